The summed E-state index contributed by atoms with van der Waals surface area (Å²) in [5.74, 6) is -0.302. The van der Waals surface area contributed by atoms with Gasteiger partial charge in [0.15, 0.2) is 0 Å². The number of aryl methyl sites for hydroxylation is 1. The second-order valence-corrected chi connectivity index (χ2v) is 8.79. The van der Waals surface area contributed by atoms with Gasteiger partial charge in [-0.3, -0.25) is 4.79 Å². The van der Waals surface area contributed by atoms with Crippen LogP contribution in [0.25, 0.3) is 0 Å². The summed E-state index contributed by atoms with van der Waals surface area (Å²) in [6.07, 6.45) is 0.318. The molecule has 1 aliphatic carbocycles. The maximum absolute atomic E-state index is 13.3. The molecule has 1 amide bonds. The van der Waals surface area contributed by atoms with Gasteiger partial charge in [-0.2, -0.15) is 0 Å². The number of amides is 1. The van der Waals surface area contributed by atoms with Gasteiger partial charge in [0.05, 0.1) is 17.4 Å². The number of carbonyl (C=O) groups is 1. The van der Waals surface area contributed by atoms with Crippen LogP contribution in [0.2, 0.25) is 0 Å². The SMILES string of the molecule is Cc1ccc([C@@]2(C)CC(C(=O)N[C@@H](C)c3ccccc3)=C(OB(F)F)C2(C)C)cc1. The summed E-state index contributed by atoms with van der Waals surface area (Å²) in [7, 11) is -2.99. The van der Waals surface area contributed by atoms with Crippen LogP contribution in [0.5, 0.6) is 0 Å². The Morgan fingerprint density at radius 2 is 1.67 bits per heavy atom. The molecule has 0 aromatic heterocycles. The van der Waals surface area contributed by atoms with Gasteiger partial charge in [-0.1, -0.05) is 80.9 Å². The molecular formula is C24H28BF2NO2. The van der Waals surface area contributed by atoms with Crippen molar-refractivity contribution < 1.29 is 18.1 Å². The number of halogens is 2. The quantitative estimate of drug-likeness (QED) is 0.615. The number of hydrogen-bond donors (Lipinski definition) is 1. The van der Waals surface area contributed by atoms with Crippen molar-refractivity contribution in [2.45, 2.75) is 52.5 Å². The van der Waals surface area contributed by atoms with Gasteiger partial charge in [0.25, 0.3) is 5.91 Å². The number of benzene rings is 2. The van der Waals surface area contributed by atoms with Crippen LogP contribution < -0.4 is 5.32 Å². The van der Waals surface area contributed by atoms with Crippen LogP contribution >= 0.6 is 0 Å². The van der Waals surface area contributed by atoms with Crippen LogP contribution in [0.15, 0.2) is 65.9 Å². The highest BCUT2D eigenvalue weighted by molar-refractivity contribution is 6.35. The lowest BCUT2D eigenvalue weighted by molar-refractivity contribution is -0.118. The van der Waals surface area contributed by atoms with Gasteiger partial charge < -0.3 is 9.97 Å². The van der Waals surface area contributed by atoms with E-state index in [4.69, 9.17) is 4.65 Å². The predicted molar refractivity (Wildman–Crippen MR) is 116 cm³/mol. The molecule has 0 radical (unpaired) electrons. The van der Waals surface area contributed by atoms with E-state index in [0.29, 0.717) is 6.42 Å². The Hall–Kier alpha value is -2.63. The Morgan fingerprint density at radius 1 is 1.07 bits per heavy atom. The number of hydrogen-bond acceptors (Lipinski definition) is 2. The van der Waals surface area contributed by atoms with E-state index < -0.39 is 18.3 Å². The molecule has 1 aliphatic rings. The first kappa shape index (κ1) is 22.1. The zero-order valence-electron chi connectivity index (χ0n) is 18.1. The Bertz CT molecular complexity index is 941. The van der Waals surface area contributed by atoms with Crippen LogP contribution in [0.4, 0.5) is 8.63 Å². The van der Waals surface area contributed by atoms with Gasteiger partial charge in [-0.15, -0.1) is 0 Å². The molecule has 0 saturated carbocycles. The summed E-state index contributed by atoms with van der Waals surface area (Å²) in [6, 6.07) is 17.3. The smallest absolute Gasteiger partial charge is 0.508 e. The lowest BCUT2D eigenvalue weighted by Crippen LogP contribution is -2.37. The largest absolute Gasteiger partial charge is 0.796 e. The number of nitrogens with one attached hydrogen (secondary N) is 1. The lowest BCUT2D eigenvalue weighted by Gasteiger charge is -2.40. The van der Waals surface area contributed by atoms with E-state index in [1.54, 1.807) is 0 Å². The lowest BCUT2D eigenvalue weighted by atomic mass is 9.64. The molecule has 0 fully saturated rings. The highest BCUT2D eigenvalue weighted by Gasteiger charge is 2.55. The number of rotatable bonds is 6. The fourth-order valence-electron chi connectivity index (χ4n) is 4.27. The van der Waals surface area contributed by atoms with Gasteiger partial charge >= 0.3 is 7.47 Å². The highest BCUT2D eigenvalue weighted by atomic mass is 19.2. The third-order valence-corrected chi connectivity index (χ3v) is 6.57. The van der Waals surface area contributed by atoms with Crippen LogP contribution in [-0.4, -0.2) is 13.4 Å². The first-order chi connectivity index (χ1) is 14.1. The molecule has 0 spiro atoms. The molecule has 3 rings (SSSR count). The van der Waals surface area contributed by atoms with E-state index in [1.807, 2.05) is 89.2 Å². The normalized spacial score (nSPS) is 21.3. The van der Waals surface area contributed by atoms with E-state index in [9.17, 15) is 13.4 Å². The zero-order valence-corrected chi connectivity index (χ0v) is 18.1. The van der Waals surface area contributed by atoms with Crippen molar-refractivity contribution in [2.24, 2.45) is 5.41 Å². The molecular weight excluding hydrogens is 383 g/mol. The Morgan fingerprint density at radius 3 is 2.23 bits per heavy atom. The standard InChI is InChI=1S/C24H28BF2NO2/c1-16-11-13-19(14-12-16)24(5)15-20(21(23(24,3)4)30-25(26)27)22(29)28-17(2)18-9-7-6-8-10-18/h6-14,17H,15H2,1-5H3,(H,28,29)/t17-,24+/m0/s1. The van der Waals surface area contributed by atoms with Gasteiger partial charge in [0.2, 0.25) is 0 Å². The average Bonchev–Trinajstić information content (AvgIpc) is 2.90. The second-order valence-electron chi connectivity index (χ2n) is 8.79. The molecule has 2 aromatic rings. The predicted octanol–water partition coefficient (Wildman–Crippen LogP) is 5.75. The molecule has 0 bridgehead atoms. The minimum absolute atomic E-state index is 0.0679. The Balaban J connectivity index is 1.97. The zero-order chi connectivity index (χ0) is 22.1. The van der Waals surface area contributed by atoms with E-state index in [1.165, 1.54) is 0 Å². The molecule has 3 nitrogen and oxygen atoms in total. The monoisotopic (exact) mass is 411 g/mol. The molecule has 1 N–H and O–H groups in total. The van der Waals surface area contributed by atoms with Gasteiger partial charge in [0, 0.05) is 10.8 Å². The van der Waals surface area contributed by atoms with Crippen molar-refractivity contribution in [3.63, 3.8) is 0 Å². The molecule has 6 heteroatoms. The fourth-order valence-corrected chi connectivity index (χ4v) is 4.27. The van der Waals surface area contributed by atoms with Crippen LogP contribution in [0.3, 0.4) is 0 Å². The Kier molecular flexibility index (Phi) is 6.07. The van der Waals surface area contributed by atoms with Crippen molar-refractivity contribution in [2.75, 3.05) is 0 Å². The Labute approximate surface area is 177 Å². The van der Waals surface area contributed by atoms with E-state index >= 15 is 0 Å². The third-order valence-electron chi connectivity index (χ3n) is 6.57. The maximum atomic E-state index is 13.3. The summed E-state index contributed by atoms with van der Waals surface area (Å²) >= 11 is 0. The topological polar surface area (TPSA) is 38.3 Å². The second kappa shape index (κ2) is 8.25. The minimum atomic E-state index is -2.99. The summed E-state index contributed by atoms with van der Waals surface area (Å²) in [6.45, 7) is 9.62. The molecule has 2 atom stereocenters. The van der Waals surface area contributed by atoms with Crippen LogP contribution in [0.1, 0.15) is 56.8 Å². The van der Waals surface area contributed by atoms with Crippen molar-refractivity contribution in [1.29, 1.82) is 0 Å². The third kappa shape index (κ3) is 4.00. The average molecular weight is 411 g/mol. The van der Waals surface area contributed by atoms with Crippen LogP contribution in [-0.2, 0) is 14.9 Å². The molecule has 158 valence electrons. The molecule has 2 aromatic carbocycles. The van der Waals surface area contributed by atoms with Crippen molar-refractivity contribution in [1.82, 2.24) is 5.32 Å². The van der Waals surface area contributed by atoms with Gasteiger partial charge in [-0.25, -0.2) is 8.63 Å². The van der Waals surface area contributed by atoms with E-state index in [0.717, 1.165) is 16.7 Å². The highest BCUT2D eigenvalue weighted by Crippen LogP contribution is 2.57. The first-order valence-corrected chi connectivity index (χ1v) is 10.2. The van der Waals surface area contributed by atoms with Crippen LogP contribution in [0, 0.1) is 12.3 Å². The summed E-state index contributed by atoms with van der Waals surface area (Å²) in [5.41, 5.74) is 1.99. The van der Waals surface area contributed by atoms with E-state index in [-0.39, 0.29) is 23.3 Å². The fraction of sp³-hybridized carbons (Fsp3) is 0.375. The molecule has 0 aliphatic heterocycles. The van der Waals surface area contributed by atoms with Crippen molar-refractivity contribution >= 4 is 13.4 Å². The molecule has 0 saturated heterocycles. The molecule has 30 heavy (non-hydrogen) atoms. The minimum Gasteiger partial charge on any atom is -0.508 e. The van der Waals surface area contributed by atoms with Crippen molar-refractivity contribution in [3.8, 4) is 0 Å². The van der Waals surface area contributed by atoms with Crippen molar-refractivity contribution in [3.05, 3.63) is 82.6 Å². The summed E-state index contributed by atoms with van der Waals surface area (Å²) in [5, 5.41) is 2.96. The molecule has 0 heterocycles. The van der Waals surface area contributed by atoms with E-state index in [2.05, 4.69) is 5.32 Å². The number of allylic oxidation sites excluding steroid dienone is 1. The number of carbonyl (C=O) groups excluding carboxylic acids is 1. The van der Waals surface area contributed by atoms with Gasteiger partial charge in [0.1, 0.15) is 0 Å². The summed E-state index contributed by atoms with van der Waals surface area (Å²) < 4.78 is 31.6. The molecule has 0 unspecified atom stereocenters. The van der Waals surface area contributed by atoms with Gasteiger partial charge in [-0.05, 0) is 31.4 Å². The summed E-state index contributed by atoms with van der Waals surface area (Å²) in [4.78, 5) is 13.2. The maximum Gasteiger partial charge on any atom is 0.796 e. The first-order valence-electron chi connectivity index (χ1n) is 10.2.